The molecule has 0 unspecified atom stereocenters. The van der Waals surface area contributed by atoms with Crippen LogP contribution in [0, 0.1) is 10.8 Å². The number of rotatable bonds is 8. The lowest BCUT2D eigenvalue weighted by molar-refractivity contribution is -0.154. The molecule has 18 heteroatoms. The number of aliphatic hydroxyl groups is 2. The Morgan fingerprint density at radius 3 is 1.34 bits per heavy atom. The van der Waals surface area contributed by atoms with E-state index in [2.05, 4.69) is 10.6 Å². The number of carbonyl (C=O) groups is 2. The van der Waals surface area contributed by atoms with Crippen molar-refractivity contribution in [2.24, 2.45) is 10.8 Å². The molecule has 62 heavy (non-hydrogen) atoms. The normalized spacial score (nSPS) is 28.2. The number of nitrogens with zero attached hydrogens (tertiary/aromatic N) is 2. The molecule has 4 heterocycles. The van der Waals surface area contributed by atoms with Crippen molar-refractivity contribution in [2.45, 2.75) is 140 Å². The molecule has 6 atom stereocenters. The van der Waals surface area contributed by atoms with Gasteiger partial charge in [0.05, 0.1) is 47.3 Å². The minimum atomic E-state index is -4.46. The first-order valence-electron chi connectivity index (χ1n) is 21.7. The summed E-state index contributed by atoms with van der Waals surface area (Å²) in [4.78, 5) is 29.9. The smallest absolute Gasteiger partial charge is 0.416 e. The second kappa shape index (κ2) is 18.8. The van der Waals surface area contributed by atoms with Gasteiger partial charge in [-0.25, -0.2) is 0 Å². The van der Waals surface area contributed by atoms with Crippen molar-refractivity contribution < 1.29 is 65.1 Å². The highest BCUT2D eigenvalue weighted by molar-refractivity contribution is 5.85. The Balaban J connectivity index is 0.000000186. The molecule has 4 aliphatic heterocycles. The number of alkyl halides is 6. The molecule has 8 rings (SSSR count). The number of carbonyl (C=O) groups excluding carboxylic acids is 2. The molecule has 2 saturated heterocycles. The van der Waals surface area contributed by atoms with Crippen LogP contribution in [-0.2, 0) is 44.5 Å². The molecule has 344 valence electrons. The van der Waals surface area contributed by atoms with Crippen molar-refractivity contribution in [3.05, 3.63) is 58.7 Å². The second-order valence-corrected chi connectivity index (χ2v) is 17.8. The van der Waals surface area contributed by atoms with E-state index in [1.165, 1.54) is 21.9 Å². The summed E-state index contributed by atoms with van der Waals surface area (Å²) in [7, 11) is 0. The molecule has 0 spiro atoms. The van der Waals surface area contributed by atoms with Crippen LogP contribution in [-0.4, -0.2) is 108 Å². The van der Waals surface area contributed by atoms with Crippen LogP contribution >= 0.6 is 0 Å². The quantitative estimate of drug-likeness (QED) is 0.229. The minimum Gasteiger partial charge on any atom is -0.473 e. The maximum atomic E-state index is 13.5. The number of benzene rings is 2. The van der Waals surface area contributed by atoms with Crippen LogP contribution < -0.4 is 20.1 Å². The number of amides is 2. The fourth-order valence-electron chi connectivity index (χ4n) is 10.1. The Kier molecular flexibility index (Phi) is 14.1. The third-order valence-electron chi connectivity index (χ3n) is 13.8. The van der Waals surface area contributed by atoms with Gasteiger partial charge < -0.3 is 49.6 Å². The fraction of sp³-hybridized carbons (Fsp3) is 0.682. The fourth-order valence-corrected chi connectivity index (χ4v) is 10.1. The van der Waals surface area contributed by atoms with Crippen LogP contribution in [0.3, 0.4) is 0 Å². The number of hydrogen-bond donors (Lipinski definition) is 4. The van der Waals surface area contributed by atoms with Gasteiger partial charge in [0.1, 0.15) is 11.5 Å². The number of fused-ring (bicyclic) bond motifs is 2. The zero-order valence-electron chi connectivity index (χ0n) is 35.2. The number of hydrogen-bond acceptors (Lipinski definition) is 10. The van der Waals surface area contributed by atoms with Crippen LogP contribution in [0.25, 0.3) is 0 Å². The molecule has 2 saturated carbocycles. The zero-order valence-corrected chi connectivity index (χ0v) is 35.2. The van der Waals surface area contributed by atoms with Gasteiger partial charge in [-0.3, -0.25) is 9.59 Å². The van der Waals surface area contributed by atoms with Crippen LogP contribution in [0.2, 0.25) is 0 Å². The molecule has 12 nitrogen and oxygen atoms in total. The predicted molar refractivity (Wildman–Crippen MR) is 212 cm³/mol. The summed E-state index contributed by atoms with van der Waals surface area (Å²) in [5.41, 5.74) is -2.82. The topological polar surface area (TPSA) is 142 Å². The average Bonchev–Trinajstić information content (AvgIpc) is 3.89. The van der Waals surface area contributed by atoms with E-state index in [4.69, 9.17) is 18.9 Å². The van der Waals surface area contributed by atoms with E-state index >= 15 is 0 Å². The van der Waals surface area contributed by atoms with Crippen molar-refractivity contribution in [3.63, 3.8) is 0 Å². The Morgan fingerprint density at radius 1 is 0.629 bits per heavy atom. The first kappa shape index (κ1) is 46.3. The third kappa shape index (κ3) is 10.1. The lowest BCUT2D eigenvalue weighted by Crippen LogP contribution is -2.51. The average molecular weight is 885 g/mol. The standard InChI is InChI=1S/2C22H29F3N2O4/c2*1-14(28)21(7-4-18(11-21)26-17-5-8-30-9-6-17)20(29)27-12-15-10-16(22(23,24)25)2-3-19(15)31-13-27/h2*2-3,10,14,17-18,26,28H,4-9,11-13H2,1H3/t14-,18+,21-;14-,18-,21+/m01/s1. The Labute approximate surface area is 357 Å². The van der Waals surface area contributed by atoms with E-state index in [9.17, 15) is 46.1 Å². The molecule has 0 radical (unpaired) electrons. The molecular formula is C44H58F6N4O8. The molecule has 2 aromatic rings. The number of aliphatic hydroxyl groups excluding tert-OH is 2. The summed E-state index contributed by atoms with van der Waals surface area (Å²) in [6, 6.07) is 7.53. The van der Waals surface area contributed by atoms with Crippen LogP contribution in [0.1, 0.15) is 100 Å². The van der Waals surface area contributed by atoms with Crippen molar-refractivity contribution in [3.8, 4) is 11.5 Å². The first-order chi connectivity index (χ1) is 29.4. The van der Waals surface area contributed by atoms with Crippen LogP contribution in [0.4, 0.5) is 26.3 Å². The Bertz CT molecular complexity index is 1750. The lowest BCUT2D eigenvalue weighted by atomic mass is 9.79. The van der Waals surface area contributed by atoms with Gasteiger partial charge in [-0.1, -0.05) is 0 Å². The molecule has 6 aliphatic rings. The van der Waals surface area contributed by atoms with E-state index in [1.807, 2.05) is 0 Å². The number of halogens is 6. The van der Waals surface area contributed by atoms with Gasteiger partial charge in [0.15, 0.2) is 13.5 Å². The Morgan fingerprint density at radius 2 is 1.00 bits per heavy atom. The highest BCUT2D eigenvalue weighted by Crippen LogP contribution is 2.46. The molecule has 2 aliphatic carbocycles. The van der Waals surface area contributed by atoms with Crippen molar-refractivity contribution >= 4 is 11.8 Å². The molecule has 2 aromatic carbocycles. The number of nitrogens with one attached hydrogen (secondary N) is 2. The largest absolute Gasteiger partial charge is 0.473 e. The second-order valence-electron chi connectivity index (χ2n) is 17.8. The van der Waals surface area contributed by atoms with Gasteiger partial charge in [0, 0.05) is 61.7 Å². The predicted octanol–water partition coefficient (Wildman–Crippen LogP) is 6.14. The van der Waals surface area contributed by atoms with Crippen molar-refractivity contribution in [2.75, 3.05) is 39.9 Å². The molecule has 0 bridgehead atoms. The third-order valence-corrected chi connectivity index (χ3v) is 13.8. The summed E-state index contributed by atoms with van der Waals surface area (Å²) in [5.74, 6) is 0.186. The summed E-state index contributed by atoms with van der Waals surface area (Å²) < 4.78 is 101. The minimum absolute atomic E-state index is 0.0324. The highest BCUT2D eigenvalue weighted by atomic mass is 19.4. The van der Waals surface area contributed by atoms with Gasteiger partial charge in [-0.15, -0.1) is 0 Å². The maximum absolute atomic E-state index is 13.5. The van der Waals surface area contributed by atoms with E-state index in [0.717, 1.165) is 89.2 Å². The number of ether oxygens (including phenoxy) is 4. The van der Waals surface area contributed by atoms with Crippen LogP contribution in [0.5, 0.6) is 11.5 Å². The van der Waals surface area contributed by atoms with Crippen LogP contribution in [0.15, 0.2) is 36.4 Å². The SMILES string of the molecule is C[C@@H](O)[C@]1(C(=O)N2COc3ccc(C(F)(F)F)cc3C2)CC[C@@H](NC2CCOCC2)C1.C[C@H](O)[C@]1(C(=O)N2COc3ccc(C(F)(F)F)cc3C2)CC[C@@H](NC2CCOCC2)C1. The van der Waals surface area contributed by atoms with E-state index in [-0.39, 0.29) is 50.4 Å². The van der Waals surface area contributed by atoms with Gasteiger partial charge in [0.25, 0.3) is 0 Å². The molecule has 4 N–H and O–H groups in total. The van der Waals surface area contributed by atoms with E-state index in [0.29, 0.717) is 60.4 Å². The summed E-state index contributed by atoms with van der Waals surface area (Å²) in [6.45, 7) is 6.10. The molecule has 4 fully saturated rings. The molecular weight excluding hydrogens is 826 g/mol. The van der Waals surface area contributed by atoms with Gasteiger partial charge >= 0.3 is 12.4 Å². The first-order valence-corrected chi connectivity index (χ1v) is 21.7. The van der Waals surface area contributed by atoms with E-state index < -0.39 is 46.5 Å². The maximum Gasteiger partial charge on any atom is 0.416 e. The van der Waals surface area contributed by atoms with Gasteiger partial charge in [-0.05, 0) is 114 Å². The van der Waals surface area contributed by atoms with Gasteiger partial charge in [0.2, 0.25) is 11.8 Å². The Hall–Kier alpha value is -3.68. The monoisotopic (exact) mass is 884 g/mol. The van der Waals surface area contributed by atoms with Gasteiger partial charge in [-0.2, -0.15) is 26.3 Å². The van der Waals surface area contributed by atoms with Crippen molar-refractivity contribution in [1.29, 1.82) is 0 Å². The summed E-state index contributed by atoms with van der Waals surface area (Å²) >= 11 is 0. The lowest BCUT2D eigenvalue weighted by Gasteiger charge is -2.39. The summed E-state index contributed by atoms with van der Waals surface area (Å²) in [6.07, 6.45) is -3.42. The zero-order chi connectivity index (χ0) is 44.5. The van der Waals surface area contributed by atoms with Crippen molar-refractivity contribution in [1.82, 2.24) is 20.4 Å². The molecule has 2 amide bonds. The molecule has 0 aromatic heterocycles. The highest BCUT2D eigenvalue weighted by Gasteiger charge is 2.53. The summed E-state index contributed by atoms with van der Waals surface area (Å²) in [5, 5.41) is 28.4. The van der Waals surface area contributed by atoms with E-state index in [1.54, 1.807) is 13.8 Å².